The highest BCUT2D eigenvalue weighted by atomic mass is 32.2. The van der Waals surface area contributed by atoms with Gasteiger partial charge in [-0.15, -0.1) is 23.5 Å². The fourth-order valence-electron chi connectivity index (χ4n) is 4.22. The van der Waals surface area contributed by atoms with E-state index in [4.69, 9.17) is 5.10 Å². The van der Waals surface area contributed by atoms with Gasteiger partial charge in [0.25, 0.3) is 5.91 Å². The minimum atomic E-state index is -0.0378. The Balaban J connectivity index is 1.81. The molecule has 2 aromatic rings. The summed E-state index contributed by atoms with van der Waals surface area (Å²) < 4.78 is 1.32. The van der Waals surface area contributed by atoms with Gasteiger partial charge in [0.05, 0.1) is 11.8 Å². The monoisotopic (exact) mass is 408 g/mol. The first-order chi connectivity index (χ1) is 13.7. The van der Waals surface area contributed by atoms with E-state index in [1.807, 2.05) is 48.5 Å². The number of hydrogen-bond donors (Lipinski definition) is 0. The van der Waals surface area contributed by atoms with Crippen molar-refractivity contribution in [2.75, 3.05) is 12.5 Å². The second kappa shape index (κ2) is 8.58. The third-order valence-corrected chi connectivity index (χ3v) is 7.68. The van der Waals surface area contributed by atoms with E-state index in [2.05, 4.69) is 24.6 Å². The van der Waals surface area contributed by atoms with Crippen LogP contribution in [0.5, 0.6) is 0 Å². The zero-order valence-electron chi connectivity index (χ0n) is 16.2. The number of amides is 1. The zero-order chi connectivity index (χ0) is 19.5. The van der Waals surface area contributed by atoms with Crippen LogP contribution in [0.15, 0.2) is 75.6 Å². The molecule has 0 saturated heterocycles. The van der Waals surface area contributed by atoms with Crippen LogP contribution < -0.4 is 0 Å². The van der Waals surface area contributed by atoms with Crippen LogP contribution in [0.4, 0.5) is 0 Å². The van der Waals surface area contributed by atoms with Gasteiger partial charge < -0.3 is 0 Å². The van der Waals surface area contributed by atoms with Gasteiger partial charge in [-0.05, 0) is 55.0 Å². The molecule has 0 bridgehead atoms. The van der Waals surface area contributed by atoms with Gasteiger partial charge in [-0.3, -0.25) is 4.79 Å². The number of thioether (sulfide) groups is 2. The van der Waals surface area contributed by atoms with Crippen LogP contribution in [0.2, 0.25) is 0 Å². The number of hydrogen-bond acceptors (Lipinski definition) is 4. The molecule has 3 nitrogen and oxygen atoms in total. The van der Waals surface area contributed by atoms with E-state index in [0.717, 1.165) is 30.5 Å². The van der Waals surface area contributed by atoms with Gasteiger partial charge in [-0.2, -0.15) is 5.10 Å². The normalized spacial score (nSPS) is 21.3. The number of carbonyl (C=O) groups excluding carboxylic acids is 1. The summed E-state index contributed by atoms with van der Waals surface area (Å²) in [5.41, 5.74) is 4.29. The number of allylic oxidation sites excluding steroid dienone is 1. The molecule has 1 aliphatic heterocycles. The molecule has 1 aliphatic carbocycles. The first kappa shape index (κ1) is 19.3. The maximum Gasteiger partial charge on any atom is 0.274 e. The topological polar surface area (TPSA) is 32.7 Å². The van der Waals surface area contributed by atoms with Crippen LogP contribution in [-0.4, -0.2) is 29.1 Å². The number of rotatable bonds is 4. The largest absolute Gasteiger partial charge is 0.274 e. The average molecular weight is 409 g/mol. The van der Waals surface area contributed by atoms with Crippen LogP contribution in [0.1, 0.15) is 41.2 Å². The van der Waals surface area contributed by atoms with Crippen molar-refractivity contribution in [2.24, 2.45) is 11.0 Å². The molecular formula is C23H24N2OS2. The van der Waals surface area contributed by atoms with Crippen molar-refractivity contribution in [3.05, 3.63) is 81.6 Å². The van der Waals surface area contributed by atoms with Crippen LogP contribution in [-0.2, 0) is 0 Å². The lowest BCUT2D eigenvalue weighted by Gasteiger charge is -2.30. The maximum absolute atomic E-state index is 13.4. The van der Waals surface area contributed by atoms with Gasteiger partial charge >= 0.3 is 0 Å². The Bertz CT molecular complexity index is 903. The SMILES string of the molecule is CSC(SC)=C1CCCC2C1=NN(C(=O)c1ccccc1)C2c1ccccc1. The summed E-state index contributed by atoms with van der Waals surface area (Å²) in [7, 11) is 0. The molecule has 0 radical (unpaired) electrons. The number of nitrogens with zero attached hydrogens (tertiary/aromatic N) is 2. The van der Waals surface area contributed by atoms with Crippen LogP contribution in [0, 0.1) is 5.92 Å². The van der Waals surface area contributed by atoms with Crippen LogP contribution >= 0.6 is 23.5 Å². The van der Waals surface area contributed by atoms with E-state index in [-0.39, 0.29) is 17.9 Å². The second-order valence-electron chi connectivity index (χ2n) is 7.03. The lowest BCUT2D eigenvalue weighted by molar-refractivity contribution is 0.0681. The molecule has 2 atom stereocenters. The average Bonchev–Trinajstić information content (AvgIpc) is 3.15. The van der Waals surface area contributed by atoms with Crippen molar-refractivity contribution >= 4 is 35.1 Å². The first-order valence-electron chi connectivity index (χ1n) is 9.58. The molecule has 2 unspecified atom stereocenters. The lowest BCUT2D eigenvalue weighted by atomic mass is 9.78. The molecule has 144 valence electrons. The number of carbonyl (C=O) groups is 1. The third kappa shape index (κ3) is 3.53. The van der Waals surface area contributed by atoms with Crippen molar-refractivity contribution in [1.29, 1.82) is 0 Å². The van der Waals surface area contributed by atoms with Crippen molar-refractivity contribution < 1.29 is 4.79 Å². The fraction of sp³-hybridized carbons (Fsp3) is 0.304. The Morgan fingerprint density at radius 1 is 1.00 bits per heavy atom. The van der Waals surface area contributed by atoms with Crippen molar-refractivity contribution in [3.63, 3.8) is 0 Å². The highest BCUT2D eigenvalue weighted by Gasteiger charge is 2.44. The molecule has 0 N–H and O–H groups in total. The van der Waals surface area contributed by atoms with Gasteiger partial charge in [0.1, 0.15) is 0 Å². The fourth-order valence-corrected chi connectivity index (χ4v) is 5.80. The van der Waals surface area contributed by atoms with Crippen molar-refractivity contribution in [1.82, 2.24) is 5.01 Å². The summed E-state index contributed by atoms with van der Waals surface area (Å²) in [5.74, 6) is 0.235. The van der Waals surface area contributed by atoms with Crippen molar-refractivity contribution in [3.8, 4) is 0 Å². The van der Waals surface area contributed by atoms with Gasteiger partial charge in [0.2, 0.25) is 0 Å². The number of benzene rings is 2. The Morgan fingerprint density at radius 2 is 1.64 bits per heavy atom. The van der Waals surface area contributed by atoms with E-state index in [1.165, 1.54) is 9.81 Å². The molecule has 2 aliphatic rings. The zero-order valence-corrected chi connectivity index (χ0v) is 17.8. The minimum Gasteiger partial charge on any atom is -0.267 e. The molecule has 1 saturated carbocycles. The summed E-state index contributed by atoms with van der Waals surface area (Å²) in [4.78, 5) is 13.4. The second-order valence-corrected chi connectivity index (χ2v) is 8.92. The predicted octanol–water partition coefficient (Wildman–Crippen LogP) is 5.98. The molecule has 1 amide bonds. The maximum atomic E-state index is 13.4. The van der Waals surface area contributed by atoms with E-state index in [0.29, 0.717) is 5.56 Å². The van der Waals surface area contributed by atoms with E-state index in [1.54, 1.807) is 28.5 Å². The Morgan fingerprint density at radius 3 is 2.29 bits per heavy atom. The van der Waals surface area contributed by atoms with Gasteiger partial charge in [-0.1, -0.05) is 48.5 Å². The van der Waals surface area contributed by atoms with E-state index in [9.17, 15) is 4.79 Å². The molecule has 28 heavy (non-hydrogen) atoms. The molecule has 1 fully saturated rings. The molecule has 1 heterocycles. The summed E-state index contributed by atoms with van der Waals surface area (Å²) in [6, 6.07) is 19.8. The quantitative estimate of drug-likeness (QED) is 0.624. The van der Waals surface area contributed by atoms with Crippen molar-refractivity contribution in [2.45, 2.75) is 25.3 Å². The predicted molar refractivity (Wildman–Crippen MR) is 121 cm³/mol. The van der Waals surface area contributed by atoms with Gasteiger partial charge in [0, 0.05) is 15.7 Å². The molecule has 5 heteroatoms. The standard InChI is InChI=1S/C23H24N2OS2/c1-27-23(28-2)19-15-9-14-18-20(19)24-25(21(18)16-10-5-3-6-11-16)22(26)17-12-7-4-8-13-17/h3-8,10-13,18,21H,9,14-15H2,1-2H3. The highest BCUT2D eigenvalue weighted by molar-refractivity contribution is 8.21. The van der Waals surface area contributed by atoms with E-state index >= 15 is 0 Å². The summed E-state index contributed by atoms with van der Waals surface area (Å²) in [6.45, 7) is 0. The Hall–Kier alpha value is -1.98. The Kier molecular flexibility index (Phi) is 5.93. The Labute approximate surface area is 175 Å². The summed E-state index contributed by atoms with van der Waals surface area (Å²) >= 11 is 3.57. The summed E-state index contributed by atoms with van der Waals surface area (Å²) in [6.07, 6.45) is 7.50. The molecule has 2 aromatic carbocycles. The molecule has 0 spiro atoms. The highest BCUT2D eigenvalue weighted by Crippen LogP contribution is 2.47. The number of hydrazone groups is 1. The number of fused-ring (bicyclic) bond motifs is 1. The lowest BCUT2D eigenvalue weighted by Crippen LogP contribution is -2.32. The van der Waals surface area contributed by atoms with Crippen LogP contribution in [0.3, 0.4) is 0 Å². The van der Waals surface area contributed by atoms with Crippen LogP contribution in [0.25, 0.3) is 0 Å². The minimum absolute atomic E-state index is 0.0226. The van der Waals surface area contributed by atoms with E-state index < -0.39 is 0 Å². The summed E-state index contributed by atoms with van der Waals surface area (Å²) in [5, 5.41) is 6.70. The third-order valence-electron chi connectivity index (χ3n) is 5.45. The molecular weight excluding hydrogens is 384 g/mol. The first-order valence-corrected chi connectivity index (χ1v) is 12.0. The molecule has 0 aromatic heterocycles. The smallest absolute Gasteiger partial charge is 0.267 e. The molecule has 4 rings (SSSR count). The van der Waals surface area contributed by atoms with Gasteiger partial charge in [0.15, 0.2) is 0 Å². The van der Waals surface area contributed by atoms with Gasteiger partial charge in [-0.25, -0.2) is 5.01 Å².